The normalized spacial score (nSPS) is 17.6. The van der Waals surface area contributed by atoms with E-state index in [4.69, 9.17) is 9.26 Å². The molecule has 0 radical (unpaired) electrons. The Bertz CT molecular complexity index is 595. The molecule has 1 aromatic carbocycles. The van der Waals surface area contributed by atoms with Gasteiger partial charge in [-0.3, -0.25) is 4.79 Å². The third-order valence-corrected chi connectivity index (χ3v) is 3.51. The number of carbonyl (C=O) groups excluding carboxylic acids is 1. The quantitative estimate of drug-likeness (QED) is 0.856. The van der Waals surface area contributed by atoms with E-state index in [9.17, 15) is 4.79 Å². The van der Waals surface area contributed by atoms with Gasteiger partial charge in [0.2, 0.25) is 5.76 Å². The van der Waals surface area contributed by atoms with Crippen LogP contribution in [0.1, 0.15) is 21.7 Å². The highest BCUT2D eigenvalue weighted by Crippen LogP contribution is 2.21. The van der Waals surface area contributed by atoms with Gasteiger partial charge in [-0.25, -0.2) is 0 Å². The predicted octanol–water partition coefficient (Wildman–Crippen LogP) is 1.89. The van der Waals surface area contributed by atoms with Crippen LogP contribution >= 0.6 is 0 Å². The van der Waals surface area contributed by atoms with Crippen molar-refractivity contribution in [3.05, 3.63) is 53.4 Å². The summed E-state index contributed by atoms with van der Waals surface area (Å²) >= 11 is 0. The zero-order chi connectivity index (χ0) is 13.9. The molecule has 2 heterocycles. The lowest BCUT2D eigenvalue weighted by molar-refractivity contribution is 0.00902. The molecule has 1 atom stereocenters. The molecular weight excluding hydrogens is 256 g/mol. The number of ether oxygens (including phenoxy) is 1. The molecule has 1 amide bonds. The number of aromatic nitrogens is 1. The minimum atomic E-state index is -0.176. The van der Waals surface area contributed by atoms with Gasteiger partial charge in [0, 0.05) is 26.1 Å². The van der Waals surface area contributed by atoms with Crippen molar-refractivity contribution >= 4 is 5.91 Å². The number of hydrogen-bond acceptors (Lipinski definition) is 4. The number of rotatable bonds is 3. The van der Waals surface area contributed by atoms with Gasteiger partial charge in [0.15, 0.2) is 0 Å². The Balaban J connectivity index is 1.63. The van der Waals surface area contributed by atoms with Gasteiger partial charge in [-0.15, -0.1) is 0 Å². The average molecular weight is 272 g/mol. The lowest BCUT2D eigenvalue weighted by Gasteiger charge is -2.28. The number of fused-ring (bicyclic) bond motifs is 1. The molecule has 104 valence electrons. The number of amides is 1. The second-order valence-corrected chi connectivity index (χ2v) is 4.97. The fourth-order valence-corrected chi connectivity index (χ4v) is 2.43. The van der Waals surface area contributed by atoms with Gasteiger partial charge in [0.25, 0.3) is 5.91 Å². The van der Waals surface area contributed by atoms with Crippen LogP contribution in [0.3, 0.4) is 0 Å². The molecule has 2 aromatic rings. The molecular formula is C15H16N2O3. The van der Waals surface area contributed by atoms with Crippen molar-refractivity contribution in [1.82, 2.24) is 10.1 Å². The zero-order valence-corrected chi connectivity index (χ0v) is 11.3. The maximum Gasteiger partial charge on any atom is 0.292 e. The number of likely N-dealkylation sites (N-methyl/N-ethyl adjacent to an activating group) is 1. The fourth-order valence-electron chi connectivity index (χ4n) is 2.43. The third kappa shape index (κ3) is 2.58. The van der Waals surface area contributed by atoms with Crippen molar-refractivity contribution < 1.29 is 14.1 Å². The van der Waals surface area contributed by atoms with Crippen LogP contribution in [0, 0.1) is 0 Å². The molecule has 0 bridgehead atoms. The Labute approximate surface area is 117 Å². The SMILES string of the molecule is CN(C[C@H]1Cc2ccccc2CO1)C(=O)c1ccno1. The van der Waals surface area contributed by atoms with Crippen LogP contribution in [-0.2, 0) is 17.8 Å². The lowest BCUT2D eigenvalue weighted by atomic mass is 9.99. The third-order valence-electron chi connectivity index (χ3n) is 3.51. The molecule has 0 saturated carbocycles. The molecule has 5 heteroatoms. The molecule has 20 heavy (non-hydrogen) atoms. The highest BCUT2D eigenvalue weighted by Gasteiger charge is 2.23. The Morgan fingerprint density at radius 1 is 1.35 bits per heavy atom. The molecule has 0 aliphatic carbocycles. The lowest BCUT2D eigenvalue weighted by Crippen LogP contribution is -2.38. The van der Waals surface area contributed by atoms with Crippen LogP contribution in [0.15, 0.2) is 41.1 Å². The maximum atomic E-state index is 12.1. The van der Waals surface area contributed by atoms with Crippen LogP contribution in [0.2, 0.25) is 0 Å². The summed E-state index contributed by atoms with van der Waals surface area (Å²) in [5.74, 6) is 0.0775. The molecule has 0 unspecified atom stereocenters. The summed E-state index contributed by atoms with van der Waals surface area (Å²) in [6, 6.07) is 9.81. The number of hydrogen-bond donors (Lipinski definition) is 0. The molecule has 1 aliphatic heterocycles. The van der Waals surface area contributed by atoms with E-state index in [-0.39, 0.29) is 17.8 Å². The van der Waals surface area contributed by atoms with Crippen LogP contribution in [0.4, 0.5) is 0 Å². The van der Waals surface area contributed by atoms with Gasteiger partial charge < -0.3 is 14.2 Å². The van der Waals surface area contributed by atoms with E-state index in [0.29, 0.717) is 13.2 Å². The largest absolute Gasteiger partial charge is 0.371 e. The summed E-state index contributed by atoms with van der Waals surface area (Å²) in [5.41, 5.74) is 2.53. The Kier molecular flexibility index (Phi) is 3.52. The number of benzene rings is 1. The van der Waals surface area contributed by atoms with Crippen LogP contribution in [-0.4, -0.2) is 35.7 Å². The Morgan fingerprint density at radius 3 is 2.90 bits per heavy atom. The van der Waals surface area contributed by atoms with Gasteiger partial charge in [0.1, 0.15) is 0 Å². The maximum absolute atomic E-state index is 12.1. The van der Waals surface area contributed by atoms with Gasteiger partial charge in [-0.05, 0) is 11.1 Å². The topological polar surface area (TPSA) is 55.6 Å². The first-order valence-corrected chi connectivity index (χ1v) is 6.58. The second kappa shape index (κ2) is 5.46. The van der Waals surface area contributed by atoms with E-state index >= 15 is 0 Å². The highest BCUT2D eigenvalue weighted by atomic mass is 16.5. The molecule has 3 rings (SSSR count). The highest BCUT2D eigenvalue weighted by molar-refractivity contribution is 5.91. The van der Waals surface area contributed by atoms with E-state index in [1.165, 1.54) is 17.3 Å². The first-order chi connectivity index (χ1) is 9.74. The molecule has 0 spiro atoms. The van der Waals surface area contributed by atoms with Gasteiger partial charge in [-0.2, -0.15) is 0 Å². The van der Waals surface area contributed by atoms with Crippen LogP contribution in [0.25, 0.3) is 0 Å². The molecule has 1 aliphatic rings. The molecule has 5 nitrogen and oxygen atoms in total. The van der Waals surface area contributed by atoms with Gasteiger partial charge in [0.05, 0.1) is 18.9 Å². The molecule has 1 aromatic heterocycles. The first kappa shape index (κ1) is 12.9. The first-order valence-electron chi connectivity index (χ1n) is 6.58. The van der Waals surface area contributed by atoms with Crippen molar-refractivity contribution in [2.75, 3.05) is 13.6 Å². The fraction of sp³-hybridized carbons (Fsp3) is 0.333. The van der Waals surface area contributed by atoms with E-state index in [2.05, 4.69) is 17.3 Å². The standard InChI is InChI=1S/C15H16N2O3/c1-17(15(18)14-6-7-16-20-14)9-13-8-11-4-2-3-5-12(11)10-19-13/h2-7,13H,8-10H2,1H3/t13-/m1/s1. The van der Waals surface area contributed by atoms with Crippen molar-refractivity contribution in [2.24, 2.45) is 0 Å². The summed E-state index contributed by atoms with van der Waals surface area (Å²) in [5, 5.41) is 3.55. The van der Waals surface area contributed by atoms with E-state index < -0.39 is 0 Å². The summed E-state index contributed by atoms with van der Waals surface area (Å²) in [4.78, 5) is 13.7. The summed E-state index contributed by atoms with van der Waals surface area (Å²) in [7, 11) is 1.74. The molecule has 0 fully saturated rings. The van der Waals surface area contributed by atoms with E-state index in [0.717, 1.165) is 6.42 Å². The Hall–Kier alpha value is -2.14. The summed E-state index contributed by atoms with van der Waals surface area (Å²) < 4.78 is 10.7. The van der Waals surface area contributed by atoms with Crippen LogP contribution < -0.4 is 0 Å². The van der Waals surface area contributed by atoms with Crippen molar-refractivity contribution in [3.63, 3.8) is 0 Å². The second-order valence-electron chi connectivity index (χ2n) is 4.97. The zero-order valence-electron chi connectivity index (χ0n) is 11.3. The van der Waals surface area contributed by atoms with E-state index in [1.54, 1.807) is 18.0 Å². The van der Waals surface area contributed by atoms with E-state index in [1.807, 2.05) is 12.1 Å². The Morgan fingerprint density at radius 2 is 2.15 bits per heavy atom. The number of nitrogens with zero attached hydrogens (tertiary/aromatic N) is 2. The minimum Gasteiger partial charge on any atom is -0.371 e. The molecule has 0 saturated heterocycles. The number of carbonyl (C=O) groups is 1. The monoisotopic (exact) mass is 272 g/mol. The van der Waals surface area contributed by atoms with Crippen molar-refractivity contribution in [2.45, 2.75) is 19.1 Å². The predicted molar refractivity (Wildman–Crippen MR) is 72.2 cm³/mol. The van der Waals surface area contributed by atoms with Crippen molar-refractivity contribution in [3.8, 4) is 0 Å². The molecule has 0 N–H and O–H groups in total. The average Bonchev–Trinajstić information content (AvgIpc) is 3.00. The van der Waals surface area contributed by atoms with Gasteiger partial charge >= 0.3 is 0 Å². The van der Waals surface area contributed by atoms with Crippen molar-refractivity contribution in [1.29, 1.82) is 0 Å². The van der Waals surface area contributed by atoms with Gasteiger partial charge in [-0.1, -0.05) is 29.4 Å². The van der Waals surface area contributed by atoms with Crippen LogP contribution in [0.5, 0.6) is 0 Å². The smallest absolute Gasteiger partial charge is 0.292 e. The minimum absolute atomic E-state index is 0.0155. The summed E-state index contributed by atoms with van der Waals surface area (Å²) in [6.45, 7) is 1.14. The summed E-state index contributed by atoms with van der Waals surface area (Å²) in [6.07, 6.45) is 2.31.